The second kappa shape index (κ2) is 7.81. The van der Waals surface area contributed by atoms with Gasteiger partial charge < -0.3 is 14.4 Å². The third-order valence-corrected chi connectivity index (χ3v) is 4.56. The topological polar surface area (TPSA) is 55.8 Å². The van der Waals surface area contributed by atoms with Gasteiger partial charge in [0, 0.05) is 13.1 Å². The molecule has 1 fully saturated rings. The van der Waals surface area contributed by atoms with Gasteiger partial charge in [-0.3, -0.25) is 4.79 Å². The lowest BCUT2D eigenvalue weighted by Gasteiger charge is -2.34. The van der Waals surface area contributed by atoms with Crippen LogP contribution in [0.25, 0.3) is 0 Å². The second-order valence-corrected chi connectivity index (χ2v) is 7.02. The summed E-state index contributed by atoms with van der Waals surface area (Å²) in [6, 6.07) is 4.91. The number of hydrogen-bond donors (Lipinski definition) is 0. The number of halogens is 1. The summed E-state index contributed by atoms with van der Waals surface area (Å²) in [5.41, 5.74) is 0.380. The average Bonchev–Trinajstić information content (AvgIpc) is 2.51. The molecule has 23 heavy (non-hydrogen) atoms. The molecule has 126 valence electrons. The van der Waals surface area contributed by atoms with E-state index in [9.17, 15) is 9.59 Å². The molecule has 0 bridgehead atoms. The van der Waals surface area contributed by atoms with E-state index in [0.717, 1.165) is 19.5 Å². The minimum Gasteiger partial charge on any atom is -0.496 e. The average molecular weight is 384 g/mol. The highest BCUT2D eigenvalue weighted by Crippen LogP contribution is 2.26. The highest BCUT2D eigenvalue weighted by Gasteiger charge is 2.26. The third-order valence-electron chi connectivity index (χ3n) is 3.94. The van der Waals surface area contributed by atoms with Crippen LogP contribution in [-0.4, -0.2) is 43.6 Å². The first kappa shape index (κ1) is 17.8. The number of ether oxygens (including phenoxy) is 2. The van der Waals surface area contributed by atoms with Crippen LogP contribution >= 0.6 is 15.9 Å². The predicted molar refractivity (Wildman–Crippen MR) is 90.5 cm³/mol. The molecule has 1 heterocycles. The van der Waals surface area contributed by atoms with Gasteiger partial charge in [0.2, 0.25) is 0 Å². The maximum absolute atomic E-state index is 12.2. The van der Waals surface area contributed by atoms with E-state index < -0.39 is 5.97 Å². The van der Waals surface area contributed by atoms with Gasteiger partial charge in [0.1, 0.15) is 5.75 Å². The van der Waals surface area contributed by atoms with Gasteiger partial charge in [0.15, 0.2) is 6.61 Å². The molecule has 0 aromatic heterocycles. The molecule has 6 heteroatoms. The van der Waals surface area contributed by atoms with Crippen LogP contribution in [-0.2, 0) is 9.53 Å². The van der Waals surface area contributed by atoms with Crippen LogP contribution in [0.15, 0.2) is 22.7 Å². The Balaban J connectivity index is 1.91. The number of hydrogen-bond acceptors (Lipinski definition) is 4. The number of carbonyl (C=O) groups excluding carboxylic acids is 2. The number of rotatable bonds is 4. The van der Waals surface area contributed by atoms with Crippen molar-refractivity contribution in [1.29, 1.82) is 0 Å². The van der Waals surface area contributed by atoms with E-state index >= 15 is 0 Å². The van der Waals surface area contributed by atoms with Gasteiger partial charge in [-0.1, -0.05) is 13.8 Å². The number of carbonyl (C=O) groups is 2. The van der Waals surface area contributed by atoms with Crippen LogP contribution in [0.4, 0.5) is 0 Å². The molecule has 1 aromatic carbocycles. The summed E-state index contributed by atoms with van der Waals surface area (Å²) in [5, 5.41) is 0. The van der Waals surface area contributed by atoms with E-state index in [-0.39, 0.29) is 12.5 Å². The molecule has 1 saturated heterocycles. The smallest absolute Gasteiger partial charge is 0.338 e. The number of esters is 1. The summed E-state index contributed by atoms with van der Waals surface area (Å²) in [7, 11) is 1.55. The van der Waals surface area contributed by atoms with Gasteiger partial charge in [0.05, 0.1) is 17.1 Å². The van der Waals surface area contributed by atoms with Crippen molar-refractivity contribution in [3.8, 4) is 5.75 Å². The van der Waals surface area contributed by atoms with E-state index in [1.165, 1.54) is 0 Å². The molecule has 1 aliphatic heterocycles. The van der Waals surface area contributed by atoms with Gasteiger partial charge in [-0.15, -0.1) is 0 Å². The summed E-state index contributed by atoms with van der Waals surface area (Å²) in [6.45, 7) is 5.51. The Hall–Kier alpha value is -1.56. The molecule has 0 radical (unpaired) electrons. The quantitative estimate of drug-likeness (QED) is 0.749. The first-order valence-corrected chi connectivity index (χ1v) is 8.48. The molecule has 0 aliphatic carbocycles. The van der Waals surface area contributed by atoms with Crippen molar-refractivity contribution < 1.29 is 19.1 Å². The van der Waals surface area contributed by atoms with Crippen molar-refractivity contribution in [2.45, 2.75) is 20.3 Å². The minimum atomic E-state index is -0.514. The second-order valence-electron chi connectivity index (χ2n) is 6.17. The van der Waals surface area contributed by atoms with Crippen molar-refractivity contribution in [2.24, 2.45) is 11.8 Å². The minimum absolute atomic E-state index is 0.135. The van der Waals surface area contributed by atoms with Gasteiger partial charge >= 0.3 is 5.97 Å². The van der Waals surface area contributed by atoms with Crippen molar-refractivity contribution in [3.63, 3.8) is 0 Å². The van der Waals surface area contributed by atoms with Crippen molar-refractivity contribution in [2.75, 3.05) is 26.8 Å². The van der Waals surface area contributed by atoms with Crippen LogP contribution in [0.5, 0.6) is 5.75 Å². The molecule has 2 rings (SSSR count). The van der Waals surface area contributed by atoms with Gasteiger partial charge in [0.25, 0.3) is 5.91 Å². The normalized spacial score (nSPS) is 21.0. The standard InChI is InChI=1S/C17H22BrNO4/c1-11-6-12(2)9-19(8-11)16(20)10-23-17(21)13-4-5-15(22-3)14(18)7-13/h4-5,7,11-12H,6,8-10H2,1-3H3/t11-,12+. The molecule has 0 spiro atoms. The van der Waals surface area contributed by atoms with Crippen LogP contribution in [0.3, 0.4) is 0 Å². The number of likely N-dealkylation sites (tertiary alicyclic amines) is 1. The van der Waals surface area contributed by atoms with Gasteiger partial charge in [-0.2, -0.15) is 0 Å². The Morgan fingerprint density at radius 3 is 2.48 bits per heavy atom. The zero-order valence-corrected chi connectivity index (χ0v) is 15.3. The highest BCUT2D eigenvalue weighted by atomic mass is 79.9. The van der Waals surface area contributed by atoms with Crippen LogP contribution < -0.4 is 4.74 Å². The summed E-state index contributed by atoms with van der Waals surface area (Å²) < 4.78 is 10.9. The van der Waals surface area contributed by atoms with Crippen LogP contribution in [0.2, 0.25) is 0 Å². The molecular formula is C17H22BrNO4. The van der Waals surface area contributed by atoms with Crippen molar-refractivity contribution in [3.05, 3.63) is 28.2 Å². The van der Waals surface area contributed by atoms with Crippen molar-refractivity contribution in [1.82, 2.24) is 4.90 Å². The Kier molecular flexibility index (Phi) is 6.04. The fourth-order valence-electron chi connectivity index (χ4n) is 2.96. The molecule has 1 aliphatic rings. The molecule has 2 atom stereocenters. The Morgan fingerprint density at radius 2 is 1.91 bits per heavy atom. The molecular weight excluding hydrogens is 362 g/mol. The Labute approximate surface area is 145 Å². The summed E-state index contributed by atoms with van der Waals surface area (Å²) in [4.78, 5) is 26.1. The Morgan fingerprint density at radius 1 is 1.26 bits per heavy atom. The van der Waals surface area contributed by atoms with E-state index in [1.807, 2.05) is 0 Å². The molecule has 1 aromatic rings. The van der Waals surface area contributed by atoms with E-state index in [4.69, 9.17) is 9.47 Å². The number of methoxy groups -OCH3 is 1. The fourth-order valence-corrected chi connectivity index (χ4v) is 3.50. The van der Waals surface area contributed by atoms with E-state index in [2.05, 4.69) is 29.8 Å². The summed E-state index contributed by atoms with van der Waals surface area (Å²) in [5.74, 6) is 0.949. The van der Waals surface area contributed by atoms with Crippen LogP contribution in [0.1, 0.15) is 30.6 Å². The fraction of sp³-hybridized carbons (Fsp3) is 0.529. The lowest BCUT2D eigenvalue weighted by atomic mass is 9.92. The van der Waals surface area contributed by atoms with Crippen molar-refractivity contribution >= 4 is 27.8 Å². The van der Waals surface area contributed by atoms with Gasteiger partial charge in [-0.25, -0.2) is 4.79 Å². The molecule has 0 N–H and O–H groups in total. The third kappa shape index (κ3) is 4.70. The predicted octanol–water partition coefficient (Wildman–Crippen LogP) is 3.12. The first-order valence-electron chi connectivity index (χ1n) is 7.69. The monoisotopic (exact) mass is 383 g/mol. The highest BCUT2D eigenvalue weighted by molar-refractivity contribution is 9.10. The number of benzene rings is 1. The molecule has 0 saturated carbocycles. The molecule has 5 nitrogen and oxygen atoms in total. The zero-order valence-electron chi connectivity index (χ0n) is 13.7. The van der Waals surface area contributed by atoms with E-state index in [0.29, 0.717) is 27.6 Å². The number of piperidine rings is 1. The first-order chi connectivity index (χ1) is 10.9. The maximum atomic E-state index is 12.2. The summed E-state index contributed by atoms with van der Waals surface area (Å²) >= 11 is 3.32. The zero-order chi connectivity index (χ0) is 17.0. The lowest BCUT2D eigenvalue weighted by Crippen LogP contribution is -2.44. The number of amides is 1. The maximum Gasteiger partial charge on any atom is 0.338 e. The Bertz CT molecular complexity index is 580. The SMILES string of the molecule is COc1ccc(C(=O)OCC(=O)N2C[C@H](C)C[C@H](C)C2)cc1Br. The molecule has 1 amide bonds. The summed E-state index contributed by atoms with van der Waals surface area (Å²) in [6.07, 6.45) is 1.13. The van der Waals surface area contributed by atoms with Gasteiger partial charge in [-0.05, 0) is 52.4 Å². The number of nitrogens with zero attached hydrogens (tertiary/aromatic N) is 1. The lowest BCUT2D eigenvalue weighted by molar-refractivity contribution is -0.137. The largest absolute Gasteiger partial charge is 0.496 e. The van der Waals surface area contributed by atoms with E-state index in [1.54, 1.807) is 30.2 Å². The van der Waals surface area contributed by atoms with Crippen LogP contribution in [0, 0.1) is 11.8 Å². The molecule has 0 unspecified atom stereocenters.